The topological polar surface area (TPSA) is 95.8 Å². The molecule has 40 heavy (non-hydrogen) atoms. The van der Waals surface area contributed by atoms with E-state index in [2.05, 4.69) is 44.9 Å². The molecule has 1 saturated carbocycles. The van der Waals surface area contributed by atoms with E-state index >= 15 is 0 Å². The third-order valence-electron chi connectivity index (χ3n) is 8.44. The van der Waals surface area contributed by atoms with Crippen molar-refractivity contribution in [1.82, 2.24) is 34.6 Å². The van der Waals surface area contributed by atoms with Crippen molar-refractivity contribution < 1.29 is 0 Å². The van der Waals surface area contributed by atoms with E-state index in [9.17, 15) is 4.79 Å². The third kappa shape index (κ3) is 3.47. The minimum absolute atomic E-state index is 0.0635. The van der Waals surface area contributed by atoms with Gasteiger partial charge >= 0.3 is 0 Å². The molecule has 2 aromatic carbocycles. The number of rotatable bonds is 4. The highest BCUT2D eigenvalue weighted by molar-refractivity contribution is 6.35. The SMILES string of the molecule is Cc1nn(C)c2cc(C3=C(Cl)N=C(C4C5CC5c5cc(-c6cc(Cl)ccc6-n6cnnn6)cc(=O)n54)C3)ccc12. The molecular weight excluding hydrogens is 547 g/mol. The highest BCUT2D eigenvalue weighted by Crippen LogP contribution is 2.60. The molecule has 3 atom stereocenters. The van der Waals surface area contributed by atoms with E-state index in [0.29, 0.717) is 28.4 Å². The van der Waals surface area contributed by atoms with E-state index in [-0.39, 0.29) is 11.6 Å². The van der Waals surface area contributed by atoms with Gasteiger partial charge in [0.25, 0.3) is 5.56 Å². The van der Waals surface area contributed by atoms with Gasteiger partial charge in [0.2, 0.25) is 0 Å². The molecule has 0 amide bonds. The standard InChI is InChI=1S/C29H22Cl2N8O/c1-14-18-5-3-15(7-25(18)37(2)34-14)20-12-23(33-29(20)31)28-22-11-21(22)26-8-16(9-27(40)39(26)28)19-10-17(30)4-6-24(19)38-13-32-35-36-38/h3-10,13,21-22,28H,11-12H2,1-2H3. The summed E-state index contributed by atoms with van der Waals surface area (Å²) in [4.78, 5) is 18.5. The molecule has 3 aromatic heterocycles. The molecule has 3 aliphatic rings. The van der Waals surface area contributed by atoms with Gasteiger partial charge in [0.15, 0.2) is 0 Å². The predicted molar refractivity (Wildman–Crippen MR) is 154 cm³/mol. The molecule has 198 valence electrons. The van der Waals surface area contributed by atoms with Crippen molar-refractivity contribution in [2.24, 2.45) is 18.0 Å². The average molecular weight is 569 g/mol. The van der Waals surface area contributed by atoms with Gasteiger partial charge in [-0.05, 0) is 71.1 Å². The third-order valence-corrected chi connectivity index (χ3v) is 8.99. The highest BCUT2D eigenvalue weighted by Gasteiger charge is 2.55. The number of hydrogen-bond acceptors (Lipinski definition) is 6. The van der Waals surface area contributed by atoms with Gasteiger partial charge < -0.3 is 4.57 Å². The second-order valence-corrected chi connectivity index (χ2v) is 11.5. The van der Waals surface area contributed by atoms with Crippen LogP contribution >= 0.6 is 23.2 Å². The quantitative estimate of drug-likeness (QED) is 0.268. The van der Waals surface area contributed by atoms with Crippen molar-refractivity contribution in [2.75, 3.05) is 0 Å². The zero-order valence-electron chi connectivity index (χ0n) is 21.6. The van der Waals surface area contributed by atoms with Crippen LogP contribution in [0.15, 0.2) is 69.8 Å². The number of pyridine rings is 1. The van der Waals surface area contributed by atoms with E-state index in [1.54, 1.807) is 16.8 Å². The van der Waals surface area contributed by atoms with E-state index in [4.69, 9.17) is 28.2 Å². The van der Waals surface area contributed by atoms with Crippen LogP contribution in [0, 0.1) is 12.8 Å². The van der Waals surface area contributed by atoms with Gasteiger partial charge in [-0.3, -0.25) is 9.48 Å². The molecule has 9 nitrogen and oxygen atoms in total. The van der Waals surface area contributed by atoms with Gasteiger partial charge in [0, 0.05) is 58.4 Å². The largest absolute Gasteiger partial charge is 0.303 e. The molecule has 1 fully saturated rings. The number of tetrazole rings is 1. The number of benzene rings is 2. The Morgan fingerprint density at radius 2 is 1.90 bits per heavy atom. The van der Waals surface area contributed by atoms with Crippen molar-refractivity contribution in [3.05, 3.63) is 92.3 Å². The maximum Gasteiger partial charge on any atom is 0.251 e. The number of allylic oxidation sites excluding steroid dienone is 1. The molecule has 3 unspecified atom stereocenters. The summed E-state index contributed by atoms with van der Waals surface area (Å²) in [5, 5.41) is 18.3. The summed E-state index contributed by atoms with van der Waals surface area (Å²) in [7, 11) is 1.95. The van der Waals surface area contributed by atoms with E-state index in [1.807, 2.05) is 35.4 Å². The monoisotopic (exact) mass is 568 g/mol. The molecular formula is C29H22Cl2N8O. The maximum absolute atomic E-state index is 13.7. The van der Waals surface area contributed by atoms with Gasteiger partial charge in [-0.25, -0.2) is 4.99 Å². The first-order chi connectivity index (χ1) is 19.4. The molecule has 11 heteroatoms. The van der Waals surface area contributed by atoms with Crippen LogP contribution in [-0.2, 0) is 7.05 Å². The Morgan fingerprint density at radius 1 is 1.02 bits per heavy atom. The van der Waals surface area contributed by atoms with Crippen molar-refractivity contribution in [3.63, 3.8) is 0 Å². The summed E-state index contributed by atoms with van der Waals surface area (Å²) in [5.41, 5.74) is 8.32. The highest BCUT2D eigenvalue weighted by atomic mass is 35.5. The molecule has 0 spiro atoms. The summed E-state index contributed by atoms with van der Waals surface area (Å²) < 4.78 is 5.39. The van der Waals surface area contributed by atoms with E-state index < -0.39 is 0 Å². The molecule has 8 rings (SSSR count). The minimum Gasteiger partial charge on any atom is -0.303 e. The lowest BCUT2D eigenvalue weighted by molar-refractivity contribution is 0.584. The van der Waals surface area contributed by atoms with Gasteiger partial charge in [-0.1, -0.05) is 35.3 Å². The van der Waals surface area contributed by atoms with Crippen molar-refractivity contribution in [2.45, 2.75) is 31.7 Å². The first-order valence-electron chi connectivity index (χ1n) is 13.1. The maximum atomic E-state index is 13.7. The van der Waals surface area contributed by atoms with Gasteiger partial charge in [0.05, 0.1) is 22.9 Å². The predicted octanol–water partition coefficient (Wildman–Crippen LogP) is 5.45. The van der Waals surface area contributed by atoms with Crippen LogP contribution in [-0.4, -0.2) is 40.3 Å². The Balaban J connectivity index is 1.16. The molecule has 0 radical (unpaired) electrons. The molecule has 1 aliphatic carbocycles. The van der Waals surface area contributed by atoms with Crippen LogP contribution in [0.25, 0.3) is 33.3 Å². The van der Waals surface area contributed by atoms with Crippen molar-refractivity contribution in [1.29, 1.82) is 0 Å². The Hall–Kier alpha value is -4.08. The Labute approximate surface area is 238 Å². The molecule has 5 heterocycles. The number of fused-ring (bicyclic) bond motifs is 4. The zero-order chi connectivity index (χ0) is 27.3. The number of aryl methyl sites for hydroxylation is 2. The lowest BCUT2D eigenvalue weighted by atomic mass is 9.97. The number of halogens is 2. The molecule has 0 bridgehead atoms. The number of nitrogens with zero attached hydrogens (tertiary/aromatic N) is 8. The fraction of sp³-hybridized carbons (Fsp3) is 0.241. The van der Waals surface area contributed by atoms with E-state index in [1.165, 1.54) is 6.33 Å². The molecule has 2 aliphatic heterocycles. The first kappa shape index (κ1) is 23.8. The molecule has 0 saturated heterocycles. The van der Waals surface area contributed by atoms with Crippen molar-refractivity contribution in [3.8, 4) is 16.8 Å². The van der Waals surface area contributed by atoms with Crippen LogP contribution < -0.4 is 5.56 Å². The fourth-order valence-electron chi connectivity index (χ4n) is 6.55. The second-order valence-electron chi connectivity index (χ2n) is 10.7. The summed E-state index contributed by atoms with van der Waals surface area (Å²) in [6.07, 6.45) is 3.16. The number of aliphatic imine (C=N–C) groups is 1. The summed E-state index contributed by atoms with van der Waals surface area (Å²) in [5.74, 6) is 0.652. The Morgan fingerprint density at radius 3 is 2.73 bits per heavy atom. The fourth-order valence-corrected chi connectivity index (χ4v) is 7.00. The van der Waals surface area contributed by atoms with Gasteiger partial charge in [-0.15, -0.1) is 5.10 Å². The van der Waals surface area contributed by atoms with Crippen LogP contribution in [0.3, 0.4) is 0 Å². The lowest BCUT2D eigenvalue weighted by Gasteiger charge is -2.20. The molecule has 5 aromatic rings. The lowest BCUT2D eigenvalue weighted by Crippen LogP contribution is -2.29. The van der Waals surface area contributed by atoms with Crippen LogP contribution in [0.4, 0.5) is 0 Å². The molecule has 0 N–H and O–H groups in total. The summed E-state index contributed by atoms with van der Waals surface area (Å²) in [6, 6.07) is 15.5. The summed E-state index contributed by atoms with van der Waals surface area (Å²) >= 11 is 13.1. The number of hydrogen-bond donors (Lipinski definition) is 0. The zero-order valence-corrected chi connectivity index (χ0v) is 23.1. The average Bonchev–Trinajstić information content (AvgIpc) is 3.26. The number of aromatic nitrogens is 7. The van der Waals surface area contributed by atoms with Gasteiger partial charge in [0.1, 0.15) is 11.5 Å². The Bertz CT molecular complexity index is 2000. The second kappa shape index (κ2) is 8.46. The van der Waals surface area contributed by atoms with Crippen molar-refractivity contribution >= 4 is 45.4 Å². The normalized spacial score (nSPS) is 21.2. The smallest absolute Gasteiger partial charge is 0.251 e. The van der Waals surface area contributed by atoms with Crippen LogP contribution in [0.1, 0.15) is 41.8 Å². The Kier molecular flexibility index (Phi) is 5.03. The first-order valence-corrected chi connectivity index (χ1v) is 13.8. The minimum atomic E-state index is -0.103. The van der Waals surface area contributed by atoms with Gasteiger partial charge in [-0.2, -0.15) is 9.78 Å². The van der Waals surface area contributed by atoms with Crippen LogP contribution in [0.2, 0.25) is 5.02 Å². The summed E-state index contributed by atoms with van der Waals surface area (Å²) in [6.45, 7) is 2.01. The van der Waals surface area contributed by atoms with Crippen LogP contribution in [0.5, 0.6) is 0 Å². The van der Waals surface area contributed by atoms with E-state index in [0.717, 1.165) is 62.4 Å².